The second kappa shape index (κ2) is 12.2. The summed E-state index contributed by atoms with van der Waals surface area (Å²) >= 11 is 7.72. The summed E-state index contributed by atoms with van der Waals surface area (Å²) in [4.78, 5) is 20.0. The number of benzene rings is 2. The number of rotatable bonds is 9. The Bertz CT molecular complexity index is 1220. The van der Waals surface area contributed by atoms with Crippen LogP contribution in [0.5, 0.6) is 5.75 Å². The van der Waals surface area contributed by atoms with E-state index in [-0.39, 0.29) is 11.8 Å². The molecule has 1 aromatic heterocycles. The maximum absolute atomic E-state index is 12.5. The van der Waals surface area contributed by atoms with E-state index in [4.69, 9.17) is 16.3 Å². The normalized spacial score (nSPS) is 17.4. The van der Waals surface area contributed by atoms with Gasteiger partial charge in [0.15, 0.2) is 0 Å². The highest BCUT2D eigenvalue weighted by molar-refractivity contribution is 7.98. The van der Waals surface area contributed by atoms with Crippen LogP contribution in [0.15, 0.2) is 65.8 Å². The molecule has 1 amide bonds. The summed E-state index contributed by atoms with van der Waals surface area (Å²) in [5, 5.41) is 0.795. The number of aryl methyl sites for hydroxylation is 1. The van der Waals surface area contributed by atoms with Crippen molar-refractivity contribution < 1.29 is 9.53 Å². The molecule has 3 aromatic rings. The number of hydrogen-bond donors (Lipinski definition) is 1. The summed E-state index contributed by atoms with van der Waals surface area (Å²) in [7, 11) is 0. The number of anilines is 1. The van der Waals surface area contributed by atoms with Crippen molar-refractivity contribution in [2.45, 2.75) is 56.3 Å². The van der Waals surface area contributed by atoms with E-state index in [2.05, 4.69) is 45.8 Å². The largest absolute Gasteiger partial charge is 0.491 e. The van der Waals surface area contributed by atoms with Gasteiger partial charge in [-0.25, -0.2) is 0 Å². The van der Waals surface area contributed by atoms with Crippen molar-refractivity contribution in [2.75, 3.05) is 24.6 Å². The Labute approximate surface area is 229 Å². The first-order valence-electron chi connectivity index (χ1n) is 13.2. The Morgan fingerprint density at radius 1 is 1.16 bits per heavy atom. The maximum Gasteiger partial charge on any atom is 0.234 e. The van der Waals surface area contributed by atoms with Crippen molar-refractivity contribution in [3.63, 3.8) is 0 Å². The molecule has 37 heavy (non-hydrogen) atoms. The lowest BCUT2D eigenvalue weighted by molar-refractivity contribution is -0.118. The smallest absolute Gasteiger partial charge is 0.234 e. The lowest BCUT2D eigenvalue weighted by Gasteiger charge is -2.35. The zero-order valence-electron chi connectivity index (χ0n) is 21.3. The van der Waals surface area contributed by atoms with Gasteiger partial charge in [0, 0.05) is 41.3 Å². The molecule has 5 rings (SSSR count). The number of amides is 1. The van der Waals surface area contributed by atoms with Crippen LogP contribution in [0.2, 0.25) is 5.02 Å². The topological polar surface area (TPSA) is 54.5 Å². The first-order chi connectivity index (χ1) is 18.1. The number of nitrogens with zero attached hydrogens (tertiary/aromatic N) is 2. The third-order valence-electron chi connectivity index (χ3n) is 7.32. The Morgan fingerprint density at radius 2 is 2.00 bits per heavy atom. The van der Waals surface area contributed by atoms with Crippen molar-refractivity contribution >= 4 is 35.1 Å². The van der Waals surface area contributed by atoms with Crippen LogP contribution in [0.4, 0.5) is 5.69 Å². The van der Waals surface area contributed by atoms with Gasteiger partial charge in [-0.15, -0.1) is 0 Å². The van der Waals surface area contributed by atoms with Crippen LogP contribution in [0.3, 0.4) is 0 Å². The van der Waals surface area contributed by atoms with E-state index in [1.54, 1.807) is 12.4 Å². The zero-order chi connectivity index (χ0) is 25.6. The lowest BCUT2D eigenvalue weighted by atomic mass is 9.84. The van der Waals surface area contributed by atoms with E-state index in [0.717, 1.165) is 58.8 Å². The average molecular weight is 536 g/mol. The number of carbonyl (C=O) groups excluding carboxylic acids is 1. The highest BCUT2D eigenvalue weighted by Gasteiger charge is 2.29. The number of halogens is 1. The summed E-state index contributed by atoms with van der Waals surface area (Å²) in [6.45, 7) is 4.79. The molecule has 1 saturated carbocycles. The highest BCUT2D eigenvalue weighted by Crippen LogP contribution is 2.40. The number of pyridine rings is 1. The van der Waals surface area contributed by atoms with Crippen molar-refractivity contribution in [3.05, 3.63) is 82.6 Å². The minimum absolute atomic E-state index is 0.0278. The van der Waals surface area contributed by atoms with Gasteiger partial charge in [0.1, 0.15) is 5.75 Å². The van der Waals surface area contributed by atoms with E-state index in [0.29, 0.717) is 13.0 Å². The summed E-state index contributed by atoms with van der Waals surface area (Å²) in [6, 6.07) is 16.3. The molecule has 1 N–H and O–H groups in total. The minimum Gasteiger partial charge on any atom is -0.491 e. The van der Waals surface area contributed by atoms with Gasteiger partial charge in [0.25, 0.3) is 0 Å². The molecule has 0 saturated heterocycles. The molecule has 2 heterocycles. The monoisotopic (exact) mass is 535 g/mol. The zero-order valence-corrected chi connectivity index (χ0v) is 22.9. The second-order valence-electron chi connectivity index (χ2n) is 10.1. The fraction of sp³-hybridized carbons (Fsp3) is 0.400. The molecule has 0 radical (unpaired) electrons. The molecule has 1 fully saturated rings. The first-order valence-corrected chi connectivity index (χ1v) is 14.4. The van der Waals surface area contributed by atoms with Gasteiger partial charge in [0.05, 0.1) is 18.7 Å². The van der Waals surface area contributed by atoms with E-state index < -0.39 is 0 Å². The van der Waals surface area contributed by atoms with E-state index >= 15 is 0 Å². The number of nitrogens with one attached hydrogen (secondary N) is 1. The van der Waals surface area contributed by atoms with Crippen LogP contribution >= 0.6 is 23.5 Å². The van der Waals surface area contributed by atoms with Gasteiger partial charge in [-0.1, -0.05) is 37.4 Å². The van der Waals surface area contributed by atoms with E-state index in [1.807, 2.05) is 24.3 Å². The van der Waals surface area contributed by atoms with Crippen molar-refractivity contribution in [2.24, 2.45) is 5.92 Å². The molecule has 1 aliphatic heterocycles. The molecule has 2 aliphatic rings. The van der Waals surface area contributed by atoms with Gasteiger partial charge in [-0.05, 0) is 96.3 Å². The number of aromatic nitrogens is 1. The predicted octanol–water partition coefficient (Wildman–Crippen LogP) is 6.84. The maximum atomic E-state index is 12.5. The molecule has 5 nitrogen and oxygen atoms in total. The highest BCUT2D eigenvalue weighted by atomic mass is 35.5. The van der Waals surface area contributed by atoms with Gasteiger partial charge in [-0.2, -0.15) is 0 Å². The Balaban J connectivity index is 1.34. The number of ether oxygens (including phenoxy) is 1. The minimum atomic E-state index is -0.0278. The molecule has 2 aromatic carbocycles. The molecule has 0 spiro atoms. The summed E-state index contributed by atoms with van der Waals surface area (Å²) in [5.41, 5.74) is 4.74. The quantitative estimate of drug-likeness (QED) is 0.304. The van der Waals surface area contributed by atoms with Crippen LogP contribution < -0.4 is 14.4 Å². The Morgan fingerprint density at radius 3 is 2.76 bits per heavy atom. The molecule has 1 aliphatic carbocycles. The van der Waals surface area contributed by atoms with Gasteiger partial charge >= 0.3 is 0 Å². The molecular weight excluding hydrogens is 502 g/mol. The van der Waals surface area contributed by atoms with Gasteiger partial charge < -0.3 is 9.64 Å². The van der Waals surface area contributed by atoms with Crippen LogP contribution in [-0.4, -0.2) is 30.6 Å². The third kappa shape index (κ3) is 6.60. The molecule has 7 heteroatoms. The van der Waals surface area contributed by atoms with Crippen LogP contribution in [0.25, 0.3) is 0 Å². The SMILES string of the molecule is CCCc1cc(Cl)ccc1C1COc2ccc(SNC(=O)Cc3ccncc3)cc2N(CC2CCC2)C1. The summed E-state index contributed by atoms with van der Waals surface area (Å²) in [5.74, 6) is 1.88. The molecular formula is C30H34ClN3O2S. The number of hydrogen-bond acceptors (Lipinski definition) is 5. The Kier molecular flexibility index (Phi) is 8.57. The Hall–Kier alpha value is -2.70. The van der Waals surface area contributed by atoms with E-state index in [1.165, 1.54) is 42.3 Å². The van der Waals surface area contributed by atoms with Crippen LogP contribution in [0.1, 0.15) is 55.2 Å². The lowest BCUT2D eigenvalue weighted by Crippen LogP contribution is -2.35. The molecule has 0 bridgehead atoms. The fourth-order valence-electron chi connectivity index (χ4n) is 5.18. The summed E-state index contributed by atoms with van der Waals surface area (Å²) < 4.78 is 9.42. The molecule has 194 valence electrons. The third-order valence-corrected chi connectivity index (χ3v) is 8.37. The first kappa shape index (κ1) is 25.9. The molecule has 1 atom stereocenters. The average Bonchev–Trinajstić information content (AvgIpc) is 3.05. The van der Waals surface area contributed by atoms with Gasteiger partial charge in [0.2, 0.25) is 5.91 Å². The van der Waals surface area contributed by atoms with Crippen LogP contribution in [0, 0.1) is 5.92 Å². The number of fused-ring (bicyclic) bond motifs is 1. The van der Waals surface area contributed by atoms with Crippen LogP contribution in [-0.2, 0) is 17.6 Å². The fourth-order valence-corrected chi connectivity index (χ4v) is 5.99. The van der Waals surface area contributed by atoms with Gasteiger partial charge in [-0.3, -0.25) is 14.5 Å². The van der Waals surface area contributed by atoms with Crippen molar-refractivity contribution in [1.29, 1.82) is 0 Å². The van der Waals surface area contributed by atoms with Crippen molar-refractivity contribution in [1.82, 2.24) is 9.71 Å². The second-order valence-corrected chi connectivity index (χ2v) is 11.4. The number of carbonyl (C=O) groups is 1. The van der Waals surface area contributed by atoms with Crippen molar-refractivity contribution in [3.8, 4) is 5.75 Å². The molecule has 1 unspecified atom stereocenters. The summed E-state index contributed by atoms with van der Waals surface area (Å²) in [6.07, 6.45) is 9.76. The predicted molar refractivity (Wildman–Crippen MR) is 152 cm³/mol. The van der Waals surface area contributed by atoms with E-state index in [9.17, 15) is 4.79 Å². The standard InChI is InChI=1S/C30H34ClN3O2S/c1-2-4-23-16-25(31)7-9-27(23)24-19-34(18-22-5-3-6-22)28-17-26(8-10-29(28)36-20-24)37-33-30(35)15-21-11-13-32-14-12-21/h7-14,16-17,22,24H,2-6,15,18-20H2,1H3,(H,33,35).